The molecule has 1 amide bonds. The van der Waals surface area contributed by atoms with Crippen LogP contribution in [-0.2, 0) is 4.74 Å². The molecule has 2 atom stereocenters. The van der Waals surface area contributed by atoms with E-state index in [1.807, 2.05) is 18.2 Å². The van der Waals surface area contributed by atoms with E-state index < -0.39 is 6.04 Å². The monoisotopic (exact) mass is 541 g/mol. The second kappa shape index (κ2) is 9.66. The molecule has 1 fully saturated rings. The van der Waals surface area contributed by atoms with Gasteiger partial charge in [-0.3, -0.25) is 9.59 Å². The Bertz CT molecular complexity index is 1330. The summed E-state index contributed by atoms with van der Waals surface area (Å²) in [5.74, 6) is 1.31. The normalized spacial score (nSPS) is 19.6. The summed E-state index contributed by atoms with van der Waals surface area (Å²) >= 11 is 3.44. The maximum Gasteiger partial charge on any atom is 0.291 e. The van der Waals surface area contributed by atoms with Gasteiger partial charge in [0.05, 0.1) is 36.8 Å². The van der Waals surface area contributed by atoms with E-state index in [-0.39, 0.29) is 23.2 Å². The van der Waals surface area contributed by atoms with Gasteiger partial charge in [-0.15, -0.1) is 0 Å². The number of halogens is 1. The van der Waals surface area contributed by atoms with E-state index >= 15 is 0 Å². The molecule has 0 N–H and O–H groups in total. The van der Waals surface area contributed by atoms with E-state index in [1.54, 1.807) is 30.2 Å². The van der Waals surface area contributed by atoms with Crippen LogP contribution in [0.2, 0.25) is 0 Å². The van der Waals surface area contributed by atoms with Crippen LogP contribution in [0.4, 0.5) is 0 Å². The van der Waals surface area contributed by atoms with Crippen molar-refractivity contribution < 1.29 is 23.4 Å². The van der Waals surface area contributed by atoms with Gasteiger partial charge >= 0.3 is 0 Å². The Balaban J connectivity index is 1.64. The van der Waals surface area contributed by atoms with Crippen molar-refractivity contribution >= 4 is 32.8 Å². The summed E-state index contributed by atoms with van der Waals surface area (Å²) in [6.07, 6.45) is 1.74. The summed E-state index contributed by atoms with van der Waals surface area (Å²) in [6, 6.07) is 10.2. The second-order valence-electron chi connectivity index (χ2n) is 9.42. The zero-order chi connectivity index (χ0) is 24.7. The largest absolute Gasteiger partial charge is 0.493 e. The van der Waals surface area contributed by atoms with Crippen molar-refractivity contribution in [2.45, 2.75) is 38.8 Å². The van der Waals surface area contributed by atoms with Gasteiger partial charge in [0.15, 0.2) is 16.9 Å². The molecule has 0 radical (unpaired) electrons. The summed E-state index contributed by atoms with van der Waals surface area (Å²) in [6.45, 7) is 5.76. The maximum absolute atomic E-state index is 13.7. The molecule has 0 spiro atoms. The number of methoxy groups -OCH3 is 1. The minimum Gasteiger partial charge on any atom is -0.493 e. The van der Waals surface area contributed by atoms with Crippen LogP contribution in [0.5, 0.6) is 11.5 Å². The number of benzene rings is 2. The van der Waals surface area contributed by atoms with Crippen LogP contribution in [-0.4, -0.2) is 43.8 Å². The average Bonchev–Trinajstić information content (AvgIpc) is 3.45. The number of hydrogen-bond donors (Lipinski definition) is 0. The predicted octanol–water partition coefficient (Wildman–Crippen LogP) is 5.32. The molecule has 0 bridgehead atoms. The lowest BCUT2D eigenvalue weighted by atomic mass is 9.97. The van der Waals surface area contributed by atoms with Gasteiger partial charge in [0.25, 0.3) is 5.91 Å². The van der Waals surface area contributed by atoms with Crippen molar-refractivity contribution in [2.75, 3.05) is 26.9 Å². The van der Waals surface area contributed by atoms with Crippen LogP contribution >= 0.6 is 15.9 Å². The van der Waals surface area contributed by atoms with E-state index in [2.05, 4.69) is 29.8 Å². The highest BCUT2D eigenvalue weighted by atomic mass is 79.9. The minimum atomic E-state index is -0.616. The third-order valence-corrected chi connectivity index (χ3v) is 6.92. The van der Waals surface area contributed by atoms with Crippen LogP contribution in [0.3, 0.4) is 0 Å². The molecule has 2 unspecified atom stereocenters. The number of carbonyl (C=O) groups excluding carboxylic acids is 1. The fourth-order valence-corrected chi connectivity index (χ4v) is 5.13. The first-order valence-corrected chi connectivity index (χ1v) is 12.7. The SMILES string of the molecule is COc1cc(C2c3c(oc4ccc(Br)cc4c3=O)C(=O)N2CC2CCCO2)ccc1OCC(C)C. The van der Waals surface area contributed by atoms with Gasteiger partial charge < -0.3 is 23.5 Å². The molecular weight excluding hydrogens is 514 g/mol. The highest BCUT2D eigenvalue weighted by Crippen LogP contribution is 2.41. The Morgan fingerprint density at radius 2 is 1.97 bits per heavy atom. The average molecular weight is 542 g/mol. The number of amides is 1. The van der Waals surface area contributed by atoms with Crippen LogP contribution in [0.25, 0.3) is 11.0 Å². The highest BCUT2D eigenvalue weighted by Gasteiger charge is 2.44. The standard InChI is InChI=1S/C27H28BrNO6/c1-15(2)14-34-21-8-6-16(11-22(21)32-3)24-23-25(30)19-12-17(28)7-9-20(19)35-26(23)27(31)29(24)13-18-5-4-10-33-18/h6-9,11-12,15,18,24H,4-5,10,13-14H2,1-3H3. The van der Waals surface area contributed by atoms with E-state index in [1.165, 1.54) is 0 Å². The lowest BCUT2D eigenvalue weighted by Gasteiger charge is -2.28. The van der Waals surface area contributed by atoms with E-state index in [0.29, 0.717) is 53.7 Å². The fourth-order valence-electron chi connectivity index (χ4n) is 4.77. The molecule has 35 heavy (non-hydrogen) atoms. The molecule has 0 aliphatic carbocycles. The lowest BCUT2D eigenvalue weighted by Crippen LogP contribution is -2.36. The second-order valence-corrected chi connectivity index (χ2v) is 10.3. The summed E-state index contributed by atoms with van der Waals surface area (Å²) in [5, 5.41) is 0.429. The van der Waals surface area contributed by atoms with Crippen molar-refractivity contribution in [3.63, 3.8) is 0 Å². The quantitative estimate of drug-likeness (QED) is 0.402. The highest BCUT2D eigenvalue weighted by molar-refractivity contribution is 9.10. The summed E-state index contributed by atoms with van der Waals surface area (Å²) in [7, 11) is 1.58. The Morgan fingerprint density at radius 3 is 2.69 bits per heavy atom. The Morgan fingerprint density at radius 1 is 1.14 bits per heavy atom. The fraction of sp³-hybridized carbons (Fsp3) is 0.407. The molecule has 8 heteroatoms. The molecule has 3 aromatic rings. The van der Waals surface area contributed by atoms with E-state index in [0.717, 1.165) is 22.9 Å². The van der Waals surface area contributed by atoms with Gasteiger partial charge in [-0.25, -0.2) is 0 Å². The molecule has 0 saturated carbocycles. The molecule has 7 nitrogen and oxygen atoms in total. The maximum atomic E-state index is 13.7. The van der Waals surface area contributed by atoms with Gasteiger partial charge in [0.2, 0.25) is 5.76 Å². The number of nitrogens with zero attached hydrogens (tertiary/aromatic N) is 1. The predicted molar refractivity (Wildman–Crippen MR) is 135 cm³/mol. The first kappa shape index (κ1) is 23.9. The molecule has 2 aliphatic rings. The summed E-state index contributed by atoms with van der Waals surface area (Å²) in [4.78, 5) is 29.0. The van der Waals surface area contributed by atoms with Gasteiger partial charge in [-0.1, -0.05) is 35.8 Å². The number of carbonyl (C=O) groups is 1. The van der Waals surface area contributed by atoms with Crippen molar-refractivity contribution in [3.8, 4) is 11.5 Å². The van der Waals surface area contributed by atoms with Gasteiger partial charge in [0.1, 0.15) is 5.58 Å². The number of rotatable bonds is 7. The van der Waals surface area contributed by atoms with Crippen molar-refractivity contribution in [1.29, 1.82) is 0 Å². The molecule has 1 saturated heterocycles. The van der Waals surface area contributed by atoms with Crippen molar-refractivity contribution in [2.24, 2.45) is 5.92 Å². The third kappa shape index (κ3) is 4.45. The molecule has 5 rings (SSSR count). The number of fused-ring (bicyclic) bond motifs is 2. The smallest absolute Gasteiger partial charge is 0.291 e. The Hall–Kier alpha value is -2.84. The molecule has 2 aromatic carbocycles. The van der Waals surface area contributed by atoms with Crippen LogP contribution in [0, 0.1) is 5.92 Å². The lowest BCUT2D eigenvalue weighted by molar-refractivity contribution is 0.0486. The first-order valence-electron chi connectivity index (χ1n) is 11.9. The third-order valence-electron chi connectivity index (χ3n) is 6.43. The molecule has 1 aromatic heterocycles. The number of hydrogen-bond acceptors (Lipinski definition) is 6. The van der Waals surface area contributed by atoms with Crippen LogP contribution in [0.15, 0.2) is 50.1 Å². The van der Waals surface area contributed by atoms with E-state index in [4.69, 9.17) is 18.6 Å². The molecule has 184 valence electrons. The topological polar surface area (TPSA) is 78.2 Å². The minimum absolute atomic E-state index is 0.0787. The van der Waals surface area contributed by atoms with Crippen molar-refractivity contribution in [3.05, 3.63) is 68.0 Å². The first-order chi connectivity index (χ1) is 16.9. The van der Waals surface area contributed by atoms with E-state index in [9.17, 15) is 9.59 Å². The summed E-state index contributed by atoms with van der Waals surface area (Å²) < 4.78 is 24.2. The van der Waals surface area contributed by atoms with Gasteiger partial charge in [-0.2, -0.15) is 0 Å². The van der Waals surface area contributed by atoms with Crippen LogP contribution in [0.1, 0.15) is 54.4 Å². The molecular formula is C27H28BrNO6. The molecule has 3 heterocycles. The summed E-state index contributed by atoms with van der Waals surface area (Å²) in [5.41, 5.74) is 1.27. The Kier molecular flexibility index (Phi) is 6.59. The van der Waals surface area contributed by atoms with Gasteiger partial charge in [0, 0.05) is 17.6 Å². The van der Waals surface area contributed by atoms with Crippen LogP contribution < -0.4 is 14.9 Å². The van der Waals surface area contributed by atoms with Gasteiger partial charge in [-0.05, 0) is 54.7 Å². The zero-order valence-electron chi connectivity index (χ0n) is 20.0. The van der Waals surface area contributed by atoms with Crippen molar-refractivity contribution in [1.82, 2.24) is 4.90 Å². The number of ether oxygens (including phenoxy) is 3. The Labute approximate surface area is 212 Å². The molecule has 2 aliphatic heterocycles. The zero-order valence-corrected chi connectivity index (χ0v) is 21.6.